The number of nitrogens with zero attached hydrogens (tertiary/aromatic N) is 2. The SMILES string of the molecule is Cc1ccc(/C(CCCc2ccccc2)=N/OCCCN2CCOCC2)cc1. The molecule has 1 fully saturated rings. The number of benzene rings is 2. The van der Waals surface area contributed by atoms with E-state index in [1.54, 1.807) is 0 Å². The van der Waals surface area contributed by atoms with Gasteiger partial charge in [0.25, 0.3) is 0 Å². The number of aryl methyl sites for hydroxylation is 2. The fourth-order valence-electron chi connectivity index (χ4n) is 3.39. The van der Waals surface area contributed by atoms with Crippen LogP contribution >= 0.6 is 0 Å². The molecule has 150 valence electrons. The van der Waals surface area contributed by atoms with E-state index in [0.29, 0.717) is 6.61 Å². The molecule has 28 heavy (non-hydrogen) atoms. The van der Waals surface area contributed by atoms with Gasteiger partial charge in [-0.2, -0.15) is 0 Å². The molecule has 1 saturated heterocycles. The molecule has 0 unspecified atom stereocenters. The van der Waals surface area contributed by atoms with Crippen LogP contribution in [0.2, 0.25) is 0 Å². The first-order valence-corrected chi connectivity index (χ1v) is 10.4. The molecule has 2 aromatic carbocycles. The maximum atomic E-state index is 5.70. The molecule has 0 bridgehead atoms. The van der Waals surface area contributed by atoms with Crippen LogP contribution in [0.1, 0.15) is 36.0 Å². The lowest BCUT2D eigenvalue weighted by Gasteiger charge is -2.26. The fraction of sp³-hybridized carbons (Fsp3) is 0.458. The Labute approximate surface area is 169 Å². The summed E-state index contributed by atoms with van der Waals surface area (Å²) < 4.78 is 5.39. The molecule has 4 nitrogen and oxygen atoms in total. The van der Waals surface area contributed by atoms with Gasteiger partial charge in [0.2, 0.25) is 0 Å². The number of hydrogen-bond acceptors (Lipinski definition) is 4. The van der Waals surface area contributed by atoms with Gasteiger partial charge in [0, 0.05) is 19.6 Å². The van der Waals surface area contributed by atoms with Crippen molar-refractivity contribution in [2.75, 3.05) is 39.5 Å². The van der Waals surface area contributed by atoms with Crippen LogP contribution in [0.25, 0.3) is 0 Å². The van der Waals surface area contributed by atoms with Gasteiger partial charge in [0.05, 0.1) is 18.9 Å². The molecule has 0 aliphatic carbocycles. The first-order valence-electron chi connectivity index (χ1n) is 10.4. The molecule has 0 amide bonds. The molecular weight excluding hydrogens is 348 g/mol. The van der Waals surface area contributed by atoms with Crippen LogP contribution in [0.5, 0.6) is 0 Å². The molecule has 1 aliphatic rings. The highest BCUT2D eigenvalue weighted by Gasteiger charge is 2.09. The Hall–Kier alpha value is -2.17. The quantitative estimate of drug-likeness (QED) is 0.347. The highest BCUT2D eigenvalue weighted by Crippen LogP contribution is 2.12. The van der Waals surface area contributed by atoms with Crippen LogP contribution in [0, 0.1) is 6.92 Å². The van der Waals surface area contributed by atoms with E-state index < -0.39 is 0 Å². The summed E-state index contributed by atoms with van der Waals surface area (Å²) in [5, 5.41) is 4.51. The third-order valence-corrected chi connectivity index (χ3v) is 5.10. The van der Waals surface area contributed by atoms with E-state index in [-0.39, 0.29) is 0 Å². The summed E-state index contributed by atoms with van der Waals surface area (Å²) in [4.78, 5) is 8.13. The van der Waals surface area contributed by atoms with Gasteiger partial charge in [-0.05, 0) is 43.7 Å². The first-order chi connectivity index (χ1) is 13.8. The van der Waals surface area contributed by atoms with Gasteiger partial charge in [-0.3, -0.25) is 4.90 Å². The summed E-state index contributed by atoms with van der Waals surface area (Å²) >= 11 is 0. The predicted octanol–water partition coefficient (Wildman–Crippen LogP) is 4.46. The van der Waals surface area contributed by atoms with Crippen LogP contribution in [0.4, 0.5) is 0 Å². The Balaban J connectivity index is 1.49. The largest absolute Gasteiger partial charge is 0.396 e. The van der Waals surface area contributed by atoms with Crippen LogP contribution in [0.15, 0.2) is 59.8 Å². The Bertz CT molecular complexity index is 707. The molecule has 2 aromatic rings. The van der Waals surface area contributed by atoms with Crippen LogP contribution in [-0.4, -0.2) is 50.1 Å². The fourth-order valence-corrected chi connectivity index (χ4v) is 3.39. The highest BCUT2D eigenvalue weighted by atomic mass is 16.6. The minimum atomic E-state index is 0.658. The smallest absolute Gasteiger partial charge is 0.118 e. The van der Waals surface area contributed by atoms with E-state index in [2.05, 4.69) is 71.6 Å². The average Bonchev–Trinajstić information content (AvgIpc) is 2.74. The summed E-state index contributed by atoms with van der Waals surface area (Å²) in [5.41, 5.74) is 4.84. The van der Waals surface area contributed by atoms with Crippen molar-refractivity contribution in [3.8, 4) is 0 Å². The van der Waals surface area contributed by atoms with E-state index in [1.165, 1.54) is 11.1 Å². The molecule has 0 radical (unpaired) electrons. The Morgan fingerprint density at radius 3 is 2.50 bits per heavy atom. The molecular formula is C24H32N2O2. The van der Waals surface area contributed by atoms with Crippen molar-refractivity contribution in [3.63, 3.8) is 0 Å². The average molecular weight is 381 g/mol. The number of rotatable bonds is 10. The summed E-state index contributed by atoms with van der Waals surface area (Å²) in [5.74, 6) is 0. The standard InChI is InChI=1S/C24H32N2O2/c1-21-11-13-23(14-12-21)24(10-5-9-22-7-3-2-4-8-22)25-28-18-6-15-26-16-19-27-20-17-26/h2-4,7-8,11-14H,5-6,9-10,15-20H2,1H3/b25-24+. The molecule has 4 heteroatoms. The number of ether oxygens (including phenoxy) is 1. The van der Waals surface area contributed by atoms with Crippen molar-refractivity contribution in [3.05, 3.63) is 71.3 Å². The molecule has 0 N–H and O–H groups in total. The van der Waals surface area contributed by atoms with Crippen LogP contribution in [-0.2, 0) is 16.0 Å². The van der Waals surface area contributed by atoms with E-state index in [0.717, 1.165) is 69.8 Å². The second kappa shape index (κ2) is 11.6. The Morgan fingerprint density at radius 2 is 1.75 bits per heavy atom. The molecule has 0 aromatic heterocycles. The van der Waals surface area contributed by atoms with Gasteiger partial charge in [-0.25, -0.2) is 0 Å². The van der Waals surface area contributed by atoms with Crippen molar-refractivity contribution in [1.29, 1.82) is 0 Å². The summed E-state index contributed by atoms with van der Waals surface area (Å²) in [6.07, 6.45) is 4.03. The van der Waals surface area contributed by atoms with Crippen molar-refractivity contribution < 1.29 is 9.57 Å². The van der Waals surface area contributed by atoms with Gasteiger partial charge in [0.15, 0.2) is 0 Å². The summed E-state index contributed by atoms with van der Waals surface area (Å²) in [6, 6.07) is 19.2. The minimum Gasteiger partial charge on any atom is -0.396 e. The molecule has 3 rings (SSSR count). The van der Waals surface area contributed by atoms with E-state index in [1.807, 2.05) is 0 Å². The molecule has 1 heterocycles. The highest BCUT2D eigenvalue weighted by molar-refractivity contribution is 6.00. The third kappa shape index (κ3) is 7.10. The van der Waals surface area contributed by atoms with Crippen molar-refractivity contribution in [1.82, 2.24) is 4.90 Å². The lowest BCUT2D eigenvalue weighted by atomic mass is 10.0. The zero-order valence-electron chi connectivity index (χ0n) is 17.0. The van der Waals surface area contributed by atoms with Crippen LogP contribution < -0.4 is 0 Å². The summed E-state index contributed by atoms with van der Waals surface area (Å²) in [7, 11) is 0. The van der Waals surface area contributed by atoms with Crippen molar-refractivity contribution >= 4 is 5.71 Å². The van der Waals surface area contributed by atoms with Crippen molar-refractivity contribution in [2.45, 2.75) is 32.6 Å². The van der Waals surface area contributed by atoms with E-state index in [9.17, 15) is 0 Å². The lowest BCUT2D eigenvalue weighted by molar-refractivity contribution is 0.0322. The van der Waals surface area contributed by atoms with Gasteiger partial charge in [-0.15, -0.1) is 0 Å². The Morgan fingerprint density at radius 1 is 1.00 bits per heavy atom. The maximum Gasteiger partial charge on any atom is 0.118 e. The van der Waals surface area contributed by atoms with Gasteiger partial charge < -0.3 is 9.57 Å². The zero-order chi connectivity index (χ0) is 19.4. The van der Waals surface area contributed by atoms with E-state index >= 15 is 0 Å². The van der Waals surface area contributed by atoms with E-state index in [4.69, 9.17) is 9.57 Å². The first kappa shape index (κ1) is 20.6. The third-order valence-electron chi connectivity index (χ3n) is 5.10. The topological polar surface area (TPSA) is 34.1 Å². The van der Waals surface area contributed by atoms with Gasteiger partial charge >= 0.3 is 0 Å². The second-order valence-corrected chi connectivity index (χ2v) is 7.38. The molecule has 0 saturated carbocycles. The molecule has 0 atom stereocenters. The number of morpholine rings is 1. The molecule has 1 aliphatic heterocycles. The van der Waals surface area contributed by atoms with Gasteiger partial charge in [-0.1, -0.05) is 65.3 Å². The Kier molecular flexibility index (Phi) is 8.54. The predicted molar refractivity (Wildman–Crippen MR) is 115 cm³/mol. The molecule has 0 spiro atoms. The zero-order valence-corrected chi connectivity index (χ0v) is 17.0. The monoisotopic (exact) mass is 380 g/mol. The number of oxime groups is 1. The van der Waals surface area contributed by atoms with Crippen LogP contribution in [0.3, 0.4) is 0 Å². The normalized spacial score (nSPS) is 15.5. The second-order valence-electron chi connectivity index (χ2n) is 7.38. The minimum absolute atomic E-state index is 0.658. The lowest BCUT2D eigenvalue weighted by Crippen LogP contribution is -2.37. The van der Waals surface area contributed by atoms with Gasteiger partial charge in [0.1, 0.15) is 6.61 Å². The number of hydrogen-bond donors (Lipinski definition) is 0. The maximum absolute atomic E-state index is 5.70. The summed E-state index contributed by atoms with van der Waals surface area (Å²) in [6.45, 7) is 7.56. The van der Waals surface area contributed by atoms with Crippen molar-refractivity contribution in [2.24, 2.45) is 5.16 Å².